The number of carbonyl (C=O) groups is 2. The van der Waals surface area contributed by atoms with Crippen LogP contribution in [0.1, 0.15) is 20.7 Å². The highest BCUT2D eigenvalue weighted by molar-refractivity contribution is 7.86. The van der Waals surface area contributed by atoms with E-state index in [0.717, 1.165) is 36.4 Å². The molecule has 4 aromatic carbocycles. The maximum atomic E-state index is 12.3. The molecule has 1 heterocycles. The van der Waals surface area contributed by atoms with Crippen molar-refractivity contribution in [2.45, 2.75) is 9.79 Å². The van der Waals surface area contributed by atoms with Gasteiger partial charge in [0.15, 0.2) is 5.75 Å². The number of phenolic OH excluding ortho intramolecular Hbond substituents is 1. The summed E-state index contributed by atoms with van der Waals surface area (Å²) in [7, 11) is -10.1. The molecule has 19 nitrogen and oxygen atoms in total. The molecule has 5 rings (SSSR count). The number of anilines is 5. The van der Waals surface area contributed by atoms with Crippen LogP contribution in [0.4, 0.5) is 40.6 Å². The quantitative estimate of drug-likeness (QED) is 0.0709. The number of rotatable bonds is 10. The van der Waals surface area contributed by atoms with Crippen molar-refractivity contribution >= 4 is 95.1 Å². The van der Waals surface area contributed by atoms with E-state index in [4.69, 9.17) is 17.3 Å². The third-order valence-corrected chi connectivity index (χ3v) is 8.32. The monoisotopic (exact) mass is 730 g/mol. The second-order valence-corrected chi connectivity index (χ2v) is 13.0. The fraction of sp³-hybridized carbons (Fsp3) is 0. The lowest BCUT2D eigenvalue weighted by molar-refractivity contribution is 0.0696. The topological polar surface area (TPSA) is 317 Å². The summed E-state index contributed by atoms with van der Waals surface area (Å²) in [6, 6.07) is 11.2. The molecule has 0 saturated heterocycles. The number of hydrogen-bond donors (Lipinski definition) is 8. The molecule has 5 aromatic rings. The van der Waals surface area contributed by atoms with Crippen LogP contribution in [-0.4, -0.2) is 68.2 Å². The number of halogens is 1. The number of azo groups is 1. The summed E-state index contributed by atoms with van der Waals surface area (Å²) in [5.41, 5.74) is 3.98. The van der Waals surface area contributed by atoms with Crippen molar-refractivity contribution in [2.75, 3.05) is 16.4 Å². The molecule has 0 aliphatic carbocycles. The molecule has 0 spiro atoms. The molecule has 0 saturated carbocycles. The first-order chi connectivity index (χ1) is 22.9. The molecule has 0 amide bonds. The van der Waals surface area contributed by atoms with Gasteiger partial charge in [0, 0.05) is 16.1 Å². The zero-order valence-corrected chi connectivity index (χ0v) is 26.4. The van der Waals surface area contributed by atoms with E-state index in [2.05, 4.69) is 35.8 Å². The van der Waals surface area contributed by atoms with Crippen molar-refractivity contribution in [3.8, 4) is 5.75 Å². The van der Waals surface area contributed by atoms with E-state index >= 15 is 0 Å². The highest BCUT2D eigenvalue weighted by Crippen LogP contribution is 2.45. The normalized spacial score (nSPS) is 11.9. The standard InChI is InChI=1S/C27H19ClN8O11S2/c28-14-1-3-15(4-2-14)35-36-21-19(49(45,46)47)9-11-8-17(48(42,43)44)10-18(20(11)22(21)37)31-27-33-25(29)32-26(34-27)30-16-6-12(23(38)39)5-13(7-16)24(40)41/h1-10,37H,(H,38,39)(H,40,41)(H,42,43,44)(H,45,46,47)(H4,29,30,31,32,33,34)/b36-35+. The number of nitrogen functional groups attached to an aromatic ring is 1. The van der Waals surface area contributed by atoms with E-state index < -0.39 is 65.3 Å². The van der Waals surface area contributed by atoms with Crippen LogP contribution < -0.4 is 16.4 Å². The number of aromatic nitrogens is 3. The van der Waals surface area contributed by atoms with Crippen molar-refractivity contribution in [1.82, 2.24) is 15.0 Å². The zero-order chi connectivity index (χ0) is 35.8. The van der Waals surface area contributed by atoms with Crippen LogP contribution in [0.15, 0.2) is 80.7 Å². The fourth-order valence-electron chi connectivity index (χ4n) is 4.32. The van der Waals surface area contributed by atoms with Crippen molar-refractivity contribution in [3.05, 3.63) is 76.8 Å². The number of nitrogens with two attached hydrogens (primary N) is 1. The molecule has 252 valence electrons. The van der Waals surface area contributed by atoms with Crippen molar-refractivity contribution < 1.29 is 50.8 Å². The molecule has 22 heteroatoms. The predicted octanol–water partition coefficient (Wildman–Crippen LogP) is 4.76. The summed E-state index contributed by atoms with van der Waals surface area (Å²) >= 11 is 5.87. The second-order valence-electron chi connectivity index (χ2n) is 9.77. The number of nitrogens with one attached hydrogen (secondary N) is 2. The van der Waals surface area contributed by atoms with Crippen molar-refractivity contribution in [3.63, 3.8) is 0 Å². The van der Waals surface area contributed by atoms with Crippen LogP contribution in [-0.2, 0) is 20.2 Å². The first-order valence-corrected chi connectivity index (χ1v) is 16.3. The average Bonchev–Trinajstić information content (AvgIpc) is 2.99. The molecular weight excluding hydrogens is 712 g/mol. The van der Waals surface area contributed by atoms with Gasteiger partial charge in [0.25, 0.3) is 20.2 Å². The Hall–Kier alpha value is -6.00. The molecule has 0 atom stereocenters. The number of aromatic carboxylic acids is 2. The Balaban J connectivity index is 1.67. The van der Waals surface area contributed by atoms with Crippen LogP contribution in [0.2, 0.25) is 5.02 Å². The van der Waals surface area contributed by atoms with E-state index in [1.54, 1.807) is 0 Å². The van der Waals surface area contributed by atoms with Crippen LogP contribution in [0, 0.1) is 0 Å². The number of benzene rings is 4. The number of aromatic hydroxyl groups is 1. The molecule has 0 fully saturated rings. The second kappa shape index (κ2) is 12.9. The minimum absolute atomic E-state index is 0.0845. The van der Waals surface area contributed by atoms with Gasteiger partial charge in [0.05, 0.1) is 27.4 Å². The molecule has 0 aliphatic heterocycles. The van der Waals surface area contributed by atoms with Crippen LogP contribution in [0.25, 0.3) is 10.8 Å². The molecule has 1 aromatic heterocycles. The van der Waals surface area contributed by atoms with Gasteiger partial charge in [-0.3, -0.25) is 9.11 Å². The zero-order valence-electron chi connectivity index (χ0n) is 24.0. The van der Waals surface area contributed by atoms with Gasteiger partial charge in [-0.25, -0.2) is 9.59 Å². The maximum absolute atomic E-state index is 12.3. The molecule has 0 aliphatic rings. The molecule has 0 bridgehead atoms. The Labute approximate surface area is 279 Å². The van der Waals surface area contributed by atoms with Crippen LogP contribution in [0.3, 0.4) is 0 Å². The summed E-state index contributed by atoms with van der Waals surface area (Å²) in [4.78, 5) is 33.1. The van der Waals surface area contributed by atoms with Crippen molar-refractivity contribution in [2.24, 2.45) is 10.2 Å². The lowest BCUT2D eigenvalue weighted by Gasteiger charge is -2.15. The molecule has 49 heavy (non-hydrogen) atoms. The Morgan fingerprint density at radius 2 is 1.37 bits per heavy atom. The number of carboxylic acid groups (broad SMARTS) is 2. The summed E-state index contributed by atoms with van der Waals surface area (Å²) < 4.78 is 68.7. The Morgan fingerprint density at radius 1 is 0.776 bits per heavy atom. The van der Waals surface area contributed by atoms with Gasteiger partial charge in [-0.1, -0.05) is 11.6 Å². The highest BCUT2D eigenvalue weighted by atomic mass is 35.5. The number of hydrogen-bond acceptors (Lipinski definition) is 15. The molecule has 0 radical (unpaired) electrons. The third kappa shape index (κ3) is 7.77. The van der Waals surface area contributed by atoms with Gasteiger partial charge in [-0.05, 0) is 66.0 Å². The first kappa shape index (κ1) is 34.3. The van der Waals surface area contributed by atoms with E-state index in [1.807, 2.05) is 0 Å². The summed E-state index contributed by atoms with van der Waals surface area (Å²) in [5, 5.41) is 42.6. The minimum Gasteiger partial charge on any atom is -0.505 e. The number of nitrogens with zero attached hydrogens (tertiary/aromatic N) is 5. The Kier molecular flexibility index (Phi) is 9.04. The van der Waals surface area contributed by atoms with E-state index in [-0.39, 0.29) is 44.9 Å². The SMILES string of the molecule is Nc1nc(Nc2cc(C(=O)O)cc(C(=O)O)c2)nc(Nc2cc(S(=O)(=O)O)cc3cc(S(=O)(=O)O)c(/N=N/c4ccc(Cl)cc4)c(O)c23)n1. The number of carboxylic acids is 2. The summed E-state index contributed by atoms with van der Waals surface area (Å²) in [5.74, 6) is -5.06. The lowest BCUT2D eigenvalue weighted by atomic mass is 10.1. The molecule has 9 N–H and O–H groups in total. The van der Waals surface area contributed by atoms with Crippen molar-refractivity contribution in [1.29, 1.82) is 0 Å². The smallest absolute Gasteiger partial charge is 0.335 e. The van der Waals surface area contributed by atoms with E-state index in [0.29, 0.717) is 5.02 Å². The van der Waals surface area contributed by atoms with Crippen LogP contribution in [0.5, 0.6) is 5.75 Å². The minimum atomic E-state index is -5.14. The van der Waals surface area contributed by atoms with Gasteiger partial charge < -0.3 is 31.7 Å². The number of fused-ring (bicyclic) bond motifs is 1. The van der Waals surface area contributed by atoms with E-state index in [9.17, 15) is 50.8 Å². The van der Waals surface area contributed by atoms with Crippen LogP contribution >= 0.6 is 11.6 Å². The van der Waals surface area contributed by atoms with Gasteiger partial charge in [-0.15, -0.1) is 5.11 Å². The average molecular weight is 731 g/mol. The summed E-state index contributed by atoms with van der Waals surface area (Å²) in [6.07, 6.45) is 0. The lowest BCUT2D eigenvalue weighted by Crippen LogP contribution is -2.09. The van der Waals surface area contributed by atoms with Gasteiger partial charge in [-0.2, -0.15) is 36.9 Å². The predicted molar refractivity (Wildman–Crippen MR) is 172 cm³/mol. The highest BCUT2D eigenvalue weighted by Gasteiger charge is 2.26. The van der Waals surface area contributed by atoms with Gasteiger partial charge >= 0.3 is 11.9 Å². The Bertz CT molecular complexity index is 2410. The number of phenols is 1. The summed E-state index contributed by atoms with van der Waals surface area (Å²) in [6.45, 7) is 0. The largest absolute Gasteiger partial charge is 0.505 e. The van der Waals surface area contributed by atoms with E-state index in [1.165, 1.54) is 24.3 Å². The van der Waals surface area contributed by atoms with Gasteiger partial charge in [0.2, 0.25) is 17.8 Å². The molecular formula is C27H19ClN8O11S2. The Morgan fingerprint density at radius 3 is 1.92 bits per heavy atom. The first-order valence-electron chi connectivity index (χ1n) is 13.0. The fourth-order valence-corrected chi connectivity index (χ4v) is 5.64. The van der Waals surface area contributed by atoms with Gasteiger partial charge in [0.1, 0.15) is 10.6 Å². The molecule has 0 unspecified atom stereocenters. The maximum Gasteiger partial charge on any atom is 0.335 e. The third-order valence-electron chi connectivity index (χ3n) is 6.37.